The van der Waals surface area contributed by atoms with Crippen molar-refractivity contribution in [3.63, 3.8) is 0 Å². The Balaban J connectivity index is 2.14. The van der Waals surface area contributed by atoms with Crippen LogP contribution in [0.1, 0.15) is 32.6 Å². The first kappa shape index (κ1) is 17.5. The Labute approximate surface area is 142 Å². The first-order valence-corrected chi connectivity index (χ1v) is 7.59. The first-order chi connectivity index (χ1) is 11.5. The van der Waals surface area contributed by atoms with Gasteiger partial charge in [0.2, 0.25) is 0 Å². The van der Waals surface area contributed by atoms with Gasteiger partial charge in [0.15, 0.2) is 11.5 Å². The Morgan fingerprint density at radius 1 is 1.00 bits per heavy atom. The average Bonchev–Trinajstić information content (AvgIpc) is 2.56. The molecule has 1 N–H and O–H groups in total. The molecule has 0 saturated heterocycles. The van der Waals surface area contributed by atoms with Crippen LogP contribution in [0.3, 0.4) is 0 Å². The van der Waals surface area contributed by atoms with Gasteiger partial charge in [0.25, 0.3) is 5.91 Å². The lowest BCUT2D eigenvalue weighted by Crippen LogP contribution is -2.17. The number of carbonyl (C=O) groups is 1. The van der Waals surface area contributed by atoms with Gasteiger partial charge in [-0.05, 0) is 50.1 Å². The van der Waals surface area contributed by atoms with Crippen LogP contribution < -0.4 is 14.9 Å². The number of amides is 1. The second kappa shape index (κ2) is 7.64. The zero-order valence-corrected chi connectivity index (χ0v) is 14.6. The molecule has 0 atom stereocenters. The number of hydrogen-bond donors (Lipinski definition) is 1. The van der Waals surface area contributed by atoms with E-state index in [9.17, 15) is 4.79 Å². The van der Waals surface area contributed by atoms with Gasteiger partial charge in [-0.2, -0.15) is 5.10 Å². The number of hydrogen-bond acceptors (Lipinski definition) is 4. The van der Waals surface area contributed by atoms with E-state index < -0.39 is 0 Å². The number of benzene rings is 2. The molecule has 1 amide bonds. The summed E-state index contributed by atoms with van der Waals surface area (Å²) in [5.74, 6) is 0.762. The number of nitrogens with zero attached hydrogens (tertiary/aromatic N) is 1. The summed E-state index contributed by atoms with van der Waals surface area (Å²) in [7, 11) is 3.08. The summed E-state index contributed by atoms with van der Waals surface area (Å²) in [5.41, 5.74) is 7.44. The van der Waals surface area contributed by atoms with Crippen molar-refractivity contribution in [2.75, 3.05) is 14.2 Å². The first-order valence-electron chi connectivity index (χ1n) is 7.59. The van der Waals surface area contributed by atoms with Crippen LogP contribution in [0.2, 0.25) is 0 Å². The van der Waals surface area contributed by atoms with Crippen molar-refractivity contribution in [1.29, 1.82) is 0 Å². The molecule has 0 fully saturated rings. The fourth-order valence-electron chi connectivity index (χ4n) is 2.59. The molecule has 0 radical (unpaired) electrons. The number of carbonyl (C=O) groups excluding carboxylic acids is 1. The van der Waals surface area contributed by atoms with Crippen molar-refractivity contribution in [3.8, 4) is 11.5 Å². The molecule has 0 aliphatic carbocycles. The molecule has 5 nitrogen and oxygen atoms in total. The number of rotatable bonds is 5. The van der Waals surface area contributed by atoms with Crippen LogP contribution in [0.15, 0.2) is 35.4 Å². The third kappa shape index (κ3) is 3.93. The van der Waals surface area contributed by atoms with Gasteiger partial charge in [-0.1, -0.05) is 17.7 Å². The largest absolute Gasteiger partial charge is 0.493 e. The maximum atomic E-state index is 12.2. The lowest BCUT2D eigenvalue weighted by Gasteiger charge is -2.09. The topological polar surface area (TPSA) is 59.9 Å². The van der Waals surface area contributed by atoms with Crippen LogP contribution >= 0.6 is 0 Å². The minimum atomic E-state index is -0.311. The Morgan fingerprint density at radius 3 is 2.21 bits per heavy atom. The molecule has 0 bridgehead atoms. The van der Waals surface area contributed by atoms with Gasteiger partial charge in [-0.15, -0.1) is 0 Å². The van der Waals surface area contributed by atoms with Crippen molar-refractivity contribution in [3.05, 3.63) is 58.1 Å². The van der Waals surface area contributed by atoms with E-state index in [1.165, 1.54) is 12.7 Å². The molecule has 2 aromatic carbocycles. The molecule has 0 aliphatic heterocycles. The van der Waals surface area contributed by atoms with Crippen molar-refractivity contribution in [2.24, 2.45) is 5.10 Å². The number of aryl methyl sites for hydroxylation is 3. The average molecular weight is 326 g/mol. The van der Waals surface area contributed by atoms with Crippen LogP contribution in [0.25, 0.3) is 0 Å². The number of nitrogens with one attached hydrogen (secondary N) is 1. The van der Waals surface area contributed by atoms with Gasteiger partial charge in [0.05, 0.1) is 20.4 Å². The van der Waals surface area contributed by atoms with E-state index in [4.69, 9.17) is 9.47 Å². The van der Waals surface area contributed by atoms with Crippen molar-refractivity contribution in [2.45, 2.75) is 20.8 Å². The standard InChI is InChI=1S/C19H22N2O3/c1-12-8-13(2)16(14(3)9-12)11-20-21-19(22)15-6-7-17(23-4)18(10-15)24-5/h6-11H,1-5H3,(H,21,22). The molecule has 2 aromatic rings. The summed E-state index contributed by atoms with van der Waals surface area (Å²) < 4.78 is 10.4. The van der Waals surface area contributed by atoms with E-state index in [1.54, 1.807) is 31.5 Å². The number of hydrazone groups is 1. The molecule has 2 rings (SSSR count). The second-order valence-corrected chi connectivity index (χ2v) is 5.58. The number of ether oxygens (including phenoxy) is 2. The lowest BCUT2D eigenvalue weighted by atomic mass is 10.0. The molecule has 0 saturated carbocycles. The Kier molecular flexibility index (Phi) is 5.58. The highest BCUT2D eigenvalue weighted by atomic mass is 16.5. The minimum Gasteiger partial charge on any atom is -0.493 e. The maximum Gasteiger partial charge on any atom is 0.271 e. The maximum absolute atomic E-state index is 12.2. The monoisotopic (exact) mass is 326 g/mol. The van der Waals surface area contributed by atoms with Crippen molar-refractivity contribution in [1.82, 2.24) is 5.43 Å². The van der Waals surface area contributed by atoms with Gasteiger partial charge in [-0.25, -0.2) is 5.43 Å². The second-order valence-electron chi connectivity index (χ2n) is 5.58. The zero-order chi connectivity index (χ0) is 17.7. The van der Waals surface area contributed by atoms with Crippen molar-refractivity contribution < 1.29 is 14.3 Å². The normalized spacial score (nSPS) is 10.7. The molecule has 0 spiro atoms. The van der Waals surface area contributed by atoms with Gasteiger partial charge < -0.3 is 9.47 Å². The molecule has 126 valence electrons. The third-order valence-corrected chi connectivity index (χ3v) is 3.74. The SMILES string of the molecule is COc1ccc(C(=O)NN=Cc2c(C)cc(C)cc2C)cc1OC. The summed E-state index contributed by atoms with van der Waals surface area (Å²) in [6.45, 7) is 6.11. The van der Waals surface area contributed by atoms with Crippen LogP contribution in [0.5, 0.6) is 11.5 Å². The molecule has 0 unspecified atom stereocenters. The van der Waals surface area contributed by atoms with Gasteiger partial charge in [-0.3, -0.25) is 4.79 Å². The molecular weight excluding hydrogens is 304 g/mol. The van der Waals surface area contributed by atoms with E-state index >= 15 is 0 Å². The summed E-state index contributed by atoms with van der Waals surface area (Å²) in [5, 5.41) is 4.07. The van der Waals surface area contributed by atoms with E-state index in [-0.39, 0.29) is 5.91 Å². The van der Waals surface area contributed by atoms with E-state index in [0.717, 1.165) is 16.7 Å². The molecular formula is C19H22N2O3. The Morgan fingerprint density at radius 2 is 1.62 bits per heavy atom. The third-order valence-electron chi connectivity index (χ3n) is 3.74. The summed E-state index contributed by atoms with van der Waals surface area (Å²) in [6.07, 6.45) is 1.67. The predicted octanol–water partition coefficient (Wildman–Crippen LogP) is 3.39. The summed E-state index contributed by atoms with van der Waals surface area (Å²) in [4.78, 5) is 12.2. The number of methoxy groups -OCH3 is 2. The van der Waals surface area contributed by atoms with E-state index in [0.29, 0.717) is 17.1 Å². The Bertz CT molecular complexity index is 759. The molecule has 0 aliphatic rings. The van der Waals surface area contributed by atoms with Gasteiger partial charge >= 0.3 is 0 Å². The highest BCUT2D eigenvalue weighted by molar-refractivity contribution is 5.95. The molecule has 24 heavy (non-hydrogen) atoms. The van der Waals surface area contributed by atoms with E-state index in [1.807, 2.05) is 13.8 Å². The Hall–Kier alpha value is -2.82. The van der Waals surface area contributed by atoms with E-state index in [2.05, 4.69) is 29.6 Å². The molecule has 0 aromatic heterocycles. The van der Waals surface area contributed by atoms with Crippen LogP contribution in [0, 0.1) is 20.8 Å². The van der Waals surface area contributed by atoms with Crippen LogP contribution in [-0.4, -0.2) is 26.3 Å². The highest BCUT2D eigenvalue weighted by Gasteiger charge is 2.10. The van der Waals surface area contributed by atoms with Crippen LogP contribution in [-0.2, 0) is 0 Å². The summed E-state index contributed by atoms with van der Waals surface area (Å²) >= 11 is 0. The van der Waals surface area contributed by atoms with Gasteiger partial charge in [0, 0.05) is 11.1 Å². The molecule has 5 heteroatoms. The summed E-state index contributed by atoms with van der Waals surface area (Å²) in [6, 6.07) is 9.14. The minimum absolute atomic E-state index is 0.311. The highest BCUT2D eigenvalue weighted by Crippen LogP contribution is 2.27. The zero-order valence-electron chi connectivity index (χ0n) is 14.6. The predicted molar refractivity (Wildman–Crippen MR) is 95.3 cm³/mol. The lowest BCUT2D eigenvalue weighted by molar-refractivity contribution is 0.0954. The fourth-order valence-corrected chi connectivity index (χ4v) is 2.59. The van der Waals surface area contributed by atoms with Gasteiger partial charge in [0.1, 0.15) is 0 Å². The fraction of sp³-hybridized carbons (Fsp3) is 0.263. The van der Waals surface area contributed by atoms with Crippen LogP contribution in [0.4, 0.5) is 0 Å². The quantitative estimate of drug-likeness (QED) is 0.677. The van der Waals surface area contributed by atoms with Crippen molar-refractivity contribution >= 4 is 12.1 Å². The smallest absolute Gasteiger partial charge is 0.271 e. The molecule has 0 heterocycles.